The lowest BCUT2D eigenvalue weighted by molar-refractivity contribution is 0.100. The molecule has 0 saturated heterocycles. The zero-order chi connectivity index (χ0) is 13.8. The van der Waals surface area contributed by atoms with Crippen molar-refractivity contribution >= 4 is 11.6 Å². The molecule has 0 aliphatic heterocycles. The highest BCUT2D eigenvalue weighted by atomic mass is 16.4. The highest BCUT2D eigenvalue weighted by molar-refractivity contribution is 5.99. The Bertz CT molecular complexity index is 648. The summed E-state index contributed by atoms with van der Waals surface area (Å²) in [6.45, 7) is 1.72. The van der Waals surface area contributed by atoms with Crippen molar-refractivity contribution in [3.8, 4) is 11.1 Å². The molecular formula is C15H14N2O2. The van der Waals surface area contributed by atoms with E-state index in [1.54, 1.807) is 25.1 Å². The highest BCUT2D eigenvalue weighted by Gasteiger charge is 2.05. The summed E-state index contributed by atoms with van der Waals surface area (Å²) in [5.41, 5.74) is 8.92. The van der Waals surface area contributed by atoms with Crippen LogP contribution in [0.15, 0.2) is 53.7 Å². The molecule has 0 atom stereocenters. The maximum absolute atomic E-state index is 11.2. The SMILES string of the molecule is C/C(=N\O)c1cccc(-c2cccc(C(N)=O)c2)c1. The lowest BCUT2D eigenvalue weighted by Gasteiger charge is -2.06. The largest absolute Gasteiger partial charge is 0.411 e. The first kappa shape index (κ1) is 12.8. The van der Waals surface area contributed by atoms with Gasteiger partial charge in [0.2, 0.25) is 5.91 Å². The number of oxime groups is 1. The smallest absolute Gasteiger partial charge is 0.248 e. The Balaban J connectivity index is 2.47. The van der Waals surface area contributed by atoms with Gasteiger partial charge in [-0.3, -0.25) is 4.79 Å². The summed E-state index contributed by atoms with van der Waals surface area (Å²) in [6.07, 6.45) is 0. The molecule has 0 saturated carbocycles. The Morgan fingerprint density at radius 3 is 2.11 bits per heavy atom. The lowest BCUT2D eigenvalue weighted by atomic mass is 10.00. The van der Waals surface area contributed by atoms with Gasteiger partial charge in [-0.05, 0) is 41.8 Å². The maximum atomic E-state index is 11.2. The molecule has 0 radical (unpaired) electrons. The number of benzene rings is 2. The van der Waals surface area contributed by atoms with Gasteiger partial charge in [0.1, 0.15) is 0 Å². The minimum atomic E-state index is -0.453. The van der Waals surface area contributed by atoms with Gasteiger partial charge in [0.05, 0.1) is 5.71 Å². The Morgan fingerprint density at radius 2 is 1.58 bits per heavy atom. The van der Waals surface area contributed by atoms with E-state index >= 15 is 0 Å². The van der Waals surface area contributed by atoms with Crippen LogP contribution in [0.1, 0.15) is 22.8 Å². The first-order valence-corrected chi connectivity index (χ1v) is 5.81. The van der Waals surface area contributed by atoms with E-state index in [-0.39, 0.29) is 0 Å². The summed E-state index contributed by atoms with van der Waals surface area (Å²) in [5, 5.41) is 12.0. The van der Waals surface area contributed by atoms with Crippen LogP contribution in [0.2, 0.25) is 0 Å². The summed E-state index contributed by atoms with van der Waals surface area (Å²) in [5.74, 6) is -0.453. The third-order valence-corrected chi connectivity index (χ3v) is 2.91. The van der Waals surface area contributed by atoms with Gasteiger partial charge in [-0.2, -0.15) is 0 Å². The van der Waals surface area contributed by atoms with Gasteiger partial charge in [-0.1, -0.05) is 35.5 Å². The third kappa shape index (κ3) is 2.80. The molecule has 3 N–H and O–H groups in total. The van der Waals surface area contributed by atoms with E-state index in [4.69, 9.17) is 10.9 Å². The molecule has 4 heteroatoms. The van der Waals surface area contributed by atoms with Gasteiger partial charge in [0.15, 0.2) is 0 Å². The number of primary amides is 1. The Morgan fingerprint density at radius 1 is 1.05 bits per heavy atom. The van der Waals surface area contributed by atoms with Crippen molar-refractivity contribution in [3.63, 3.8) is 0 Å². The van der Waals surface area contributed by atoms with Gasteiger partial charge >= 0.3 is 0 Å². The molecule has 0 unspecified atom stereocenters. The van der Waals surface area contributed by atoms with E-state index in [9.17, 15) is 4.79 Å². The molecule has 0 heterocycles. The number of hydrogen-bond acceptors (Lipinski definition) is 3. The van der Waals surface area contributed by atoms with Crippen LogP contribution < -0.4 is 5.73 Å². The van der Waals surface area contributed by atoms with E-state index in [1.165, 1.54) is 0 Å². The molecule has 0 fully saturated rings. The van der Waals surface area contributed by atoms with Crippen molar-refractivity contribution < 1.29 is 10.0 Å². The molecule has 2 aromatic carbocycles. The van der Waals surface area contributed by atoms with Gasteiger partial charge in [0, 0.05) is 5.56 Å². The first-order chi connectivity index (χ1) is 9.11. The van der Waals surface area contributed by atoms with E-state index in [1.807, 2.05) is 30.3 Å². The zero-order valence-corrected chi connectivity index (χ0v) is 10.5. The van der Waals surface area contributed by atoms with Gasteiger partial charge in [-0.25, -0.2) is 0 Å². The van der Waals surface area contributed by atoms with Crippen molar-refractivity contribution in [2.75, 3.05) is 0 Å². The van der Waals surface area contributed by atoms with Gasteiger partial charge in [-0.15, -0.1) is 0 Å². The number of nitrogens with two attached hydrogens (primary N) is 1. The molecular weight excluding hydrogens is 240 g/mol. The summed E-state index contributed by atoms with van der Waals surface area (Å²) >= 11 is 0. The first-order valence-electron chi connectivity index (χ1n) is 5.81. The van der Waals surface area contributed by atoms with Crippen LogP contribution >= 0.6 is 0 Å². The van der Waals surface area contributed by atoms with Gasteiger partial charge < -0.3 is 10.9 Å². The topological polar surface area (TPSA) is 75.7 Å². The maximum Gasteiger partial charge on any atom is 0.248 e. The molecule has 19 heavy (non-hydrogen) atoms. The fourth-order valence-electron chi connectivity index (χ4n) is 1.83. The molecule has 0 aliphatic carbocycles. The second-order valence-corrected chi connectivity index (χ2v) is 4.21. The minimum Gasteiger partial charge on any atom is -0.411 e. The lowest BCUT2D eigenvalue weighted by Crippen LogP contribution is -2.10. The van der Waals surface area contributed by atoms with Crippen molar-refractivity contribution in [1.82, 2.24) is 0 Å². The van der Waals surface area contributed by atoms with E-state index in [2.05, 4.69) is 5.16 Å². The van der Waals surface area contributed by atoms with Crippen LogP contribution in [0.5, 0.6) is 0 Å². The van der Waals surface area contributed by atoms with Gasteiger partial charge in [0.25, 0.3) is 0 Å². The summed E-state index contributed by atoms with van der Waals surface area (Å²) in [6, 6.07) is 14.7. The Kier molecular flexibility index (Phi) is 3.61. The van der Waals surface area contributed by atoms with Crippen molar-refractivity contribution in [2.24, 2.45) is 10.9 Å². The van der Waals surface area contributed by atoms with Crippen LogP contribution in [0.4, 0.5) is 0 Å². The van der Waals surface area contributed by atoms with Crippen LogP contribution in [-0.2, 0) is 0 Å². The van der Waals surface area contributed by atoms with E-state index in [0.29, 0.717) is 11.3 Å². The van der Waals surface area contributed by atoms with Crippen LogP contribution in [-0.4, -0.2) is 16.8 Å². The van der Waals surface area contributed by atoms with Crippen molar-refractivity contribution in [2.45, 2.75) is 6.92 Å². The van der Waals surface area contributed by atoms with Crippen LogP contribution in [0.25, 0.3) is 11.1 Å². The average molecular weight is 254 g/mol. The normalized spacial score (nSPS) is 11.3. The van der Waals surface area contributed by atoms with Crippen molar-refractivity contribution in [1.29, 1.82) is 0 Å². The molecule has 2 rings (SSSR count). The quantitative estimate of drug-likeness (QED) is 0.502. The van der Waals surface area contributed by atoms with Crippen molar-refractivity contribution in [3.05, 3.63) is 59.7 Å². The second-order valence-electron chi connectivity index (χ2n) is 4.21. The summed E-state index contributed by atoms with van der Waals surface area (Å²) < 4.78 is 0. The van der Waals surface area contributed by atoms with E-state index < -0.39 is 5.91 Å². The molecule has 0 aromatic heterocycles. The van der Waals surface area contributed by atoms with Crippen LogP contribution in [0, 0.1) is 0 Å². The molecule has 1 amide bonds. The number of amides is 1. The molecule has 4 nitrogen and oxygen atoms in total. The predicted molar refractivity (Wildman–Crippen MR) is 74.4 cm³/mol. The zero-order valence-electron chi connectivity index (χ0n) is 10.5. The number of hydrogen-bond donors (Lipinski definition) is 2. The molecule has 0 bridgehead atoms. The number of nitrogens with zero attached hydrogens (tertiary/aromatic N) is 1. The van der Waals surface area contributed by atoms with Crippen LogP contribution in [0.3, 0.4) is 0 Å². The highest BCUT2D eigenvalue weighted by Crippen LogP contribution is 2.21. The Hall–Kier alpha value is -2.62. The number of carbonyl (C=O) groups is 1. The summed E-state index contributed by atoms with van der Waals surface area (Å²) in [4.78, 5) is 11.2. The fourth-order valence-corrected chi connectivity index (χ4v) is 1.83. The number of carbonyl (C=O) groups excluding carboxylic acids is 1. The Labute approximate surface area is 111 Å². The third-order valence-electron chi connectivity index (χ3n) is 2.91. The molecule has 96 valence electrons. The minimum absolute atomic E-state index is 0.453. The molecule has 0 aliphatic rings. The average Bonchev–Trinajstić information content (AvgIpc) is 2.46. The standard InChI is InChI=1S/C15H14N2O2/c1-10(17-19)11-4-2-5-12(8-11)13-6-3-7-14(9-13)15(16)18/h2-9,19H,1H3,(H2,16,18)/b17-10+. The molecule has 0 spiro atoms. The predicted octanol–water partition coefficient (Wildman–Crippen LogP) is 2.65. The second kappa shape index (κ2) is 5.35. The molecule has 2 aromatic rings. The van der Waals surface area contributed by atoms with E-state index in [0.717, 1.165) is 16.7 Å². The fraction of sp³-hybridized carbons (Fsp3) is 0.0667. The number of rotatable bonds is 3. The monoisotopic (exact) mass is 254 g/mol. The summed E-state index contributed by atoms with van der Waals surface area (Å²) in [7, 11) is 0.